The van der Waals surface area contributed by atoms with E-state index in [-0.39, 0.29) is 72.0 Å². The van der Waals surface area contributed by atoms with Gasteiger partial charge in [0.25, 0.3) is 0 Å². The summed E-state index contributed by atoms with van der Waals surface area (Å²) in [7, 11) is 0. The van der Waals surface area contributed by atoms with Crippen LogP contribution in [0.3, 0.4) is 0 Å². The van der Waals surface area contributed by atoms with Crippen LogP contribution in [0.15, 0.2) is 24.3 Å². The molecule has 1 atom stereocenters. The molecule has 6 heteroatoms. The Kier molecular flexibility index (Phi) is 11.5. The Morgan fingerprint density at radius 2 is 0.907 bits per heavy atom. The van der Waals surface area contributed by atoms with Crippen LogP contribution in [0.25, 0.3) is 0 Å². The average molecular weight is 597 g/mol. The molecule has 43 heavy (non-hydrogen) atoms. The van der Waals surface area contributed by atoms with Gasteiger partial charge >= 0.3 is 0 Å². The minimum Gasteiger partial charge on any atom is -0.507 e. The first-order chi connectivity index (χ1) is 19.4. The van der Waals surface area contributed by atoms with Gasteiger partial charge in [-0.15, -0.1) is 0 Å². The summed E-state index contributed by atoms with van der Waals surface area (Å²) in [5.74, 6) is 0.459. The molecule has 2 aromatic carbocycles. The van der Waals surface area contributed by atoms with E-state index < -0.39 is 0 Å². The molecule has 0 radical (unpaired) electrons. The summed E-state index contributed by atoms with van der Waals surface area (Å²) >= 11 is 0. The van der Waals surface area contributed by atoms with E-state index in [1.807, 2.05) is 114 Å². The molecule has 0 aliphatic heterocycles. The maximum Gasteiger partial charge on any atom is 0.162 e. The van der Waals surface area contributed by atoms with E-state index in [2.05, 4.69) is 0 Å². The minimum absolute atomic E-state index is 0.0586. The Morgan fingerprint density at radius 1 is 0.605 bits per heavy atom. The summed E-state index contributed by atoms with van der Waals surface area (Å²) in [5, 5.41) is 21.9. The van der Waals surface area contributed by atoms with Crippen molar-refractivity contribution in [1.29, 1.82) is 0 Å². The molecule has 240 valence electrons. The van der Waals surface area contributed by atoms with Crippen molar-refractivity contribution in [2.75, 3.05) is 19.8 Å². The van der Waals surface area contributed by atoms with Gasteiger partial charge in [-0.3, -0.25) is 9.59 Å². The Labute approximate surface area is 260 Å². The van der Waals surface area contributed by atoms with Gasteiger partial charge in [-0.25, -0.2) is 0 Å². The standard InChI is InChI=1S/C37H56O6/c1-23(43-22-27(39)15-25-18-30(36(8,9)10)33(41)31(19-25)37(11,12)13)20-42-21-26(38)14-24-16-28(34(2,3)4)32(40)29(17-24)35(5,6)7/h16-19,23,40-41H,14-15,20-22H2,1-13H3. The highest BCUT2D eigenvalue weighted by atomic mass is 16.5. The van der Waals surface area contributed by atoms with E-state index in [0.717, 1.165) is 33.4 Å². The fourth-order valence-electron chi connectivity index (χ4n) is 5.06. The Morgan fingerprint density at radius 3 is 1.21 bits per heavy atom. The molecule has 0 saturated carbocycles. The van der Waals surface area contributed by atoms with Crippen LogP contribution in [0.5, 0.6) is 11.5 Å². The second-order valence-electron chi connectivity index (χ2n) is 16.1. The molecular formula is C37H56O6. The second-order valence-corrected chi connectivity index (χ2v) is 16.1. The van der Waals surface area contributed by atoms with Gasteiger partial charge in [0, 0.05) is 12.8 Å². The number of phenols is 2. The normalized spacial score (nSPS) is 13.7. The number of hydrogen-bond donors (Lipinski definition) is 2. The van der Waals surface area contributed by atoms with Crippen LogP contribution in [0.4, 0.5) is 0 Å². The average Bonchev–Trinajstić information content (AvgIpc) is 2.81. The van der Waals surface area contributed by atoms with Crippen LogP contribution in [0.1, 0.15) is 123 Å². The smallest absolute Gasteiger partial charge is 0.162 e. The highest BCUT2D eigenvalue weighted by molar-refractivity contribution is 5.83. The van der Waals surface area contributed by atoms with Crippen LogP contribution < -0.4 is 0 Å². The topological polar surface area (TPSA) is 93.1 Å². The van der Waals surface area contributed by atoms with E-state index >= 15 is 0 Å². The predicted molar refractivity (Wildman–Crippen MR) is 175 cm³/mol. The number of carbonyl (C=O) groups excluding carboxylic acids is 2. The Balaban J connectivity index is 1.96. The van der Waals surface area contributed by atoms with E-state index in [1.165, 1.54) is 0 Å². The molecule has 0 aromatic heterocycles. The first-order valence-electron chi connectivity index (χ1n) is 15.4. The number of ether oxygens (including phenoxy) is 2. The van der Waals surface area contributed by atoms with Crippen molar-refractivity contribution in [2.24, 2.45) is 0 Å². The van der Waals surface area contributed by atoms with Gasteiger partial charge < -0.3 is 19.7 Å². The van der Waals surface area contributed by atoms with Crippen molar-refractivity contribution in [3.63, 3.8) is 0 Å². The van der Waals surface area contributed by atoms with Crippen molar-refractivity contribution in [3.05, 3.63) is 57.6 Å². The summed E-state index contributed by atoms with van der Waals surface area (Å²) in [6.07, 6.45) is 0.0542. The van der Waals surface area contributed by atoms with E-state index in [9.17, 15) is 19.8 Å². The fourth-order valence-corrected chi connectivity index (χ4v) is 5.06. The molecule has 0 aliphatic rings. The van der Waals surface area contributed by atoms with Crippen LogP contribution in [0, 0.1) is 0 Å². The summed E-state index contributed by atoms with van der Waals surface area (Å²) < 4.78 is 11.4. The maximum absolute atomic E-state index is 12.8. The van der Waals surface area contributed by atoms with Crippen molar-refractivity contribution >= 4 is 11.6 Å². The minimum atomic E-state index is -0.361. The van der Waals surface area contributed by atoms with Gasteiger partial charge in [0.2, 0.25) is 0 Å². The van der Waals surface area contributed by atoms with Gasteiger partial charge in [0.1, 0.15) is 24.7 Å². The van der Waals surface area contributed by atoms with Crippen LogP contribution in [-0.2, 0) is 53.6 Å². The quantitative estimate of drug-likeness (QED) is 0.277. The van der Waals surface area contributed by atoms with Gasteiger partial charge in [0.15, 0.2) is 11.6 Å². The zero-order chi connectivity index (χ0) is 33.1. The highest BCUT2D eigenvalue weighted by Crippen LogP contribution is 2.41. The number of benzene rings is 2. The molecule has 2 aromatic rings. The third kappa shape index (κ3) is 10.5. The molecular weight excluding hydrogens is 540 g/mol. The molecule has 0 bridgehead atoms. The molecule has 0 amide bonds. The Bertz CT molecular complexity index is 1220. The second kappa shape index (κ2) is 13.5. The van der Waals surface area contributed by atoms with E-state index in [0.29, 0.717) is 11.5 Å². The fraction of sp³-hybridized carbons (Fsp3) is 0.622. The van der Waals surface area contributed by atoms with Gasteiger partial charge in [-0.05, 0) is 62.0 Å². The molecule has 0 heterocycles. The van der Waals surface area contributed by atoms with Gasteiger partial charge in [-0.1, -0.05) is 107 Å². The molecule has 0 saturated heterocycles. The summed E-state index contributed by atoms with van der Waals surface area (Å²) in [6, 6.07) is 7.68. The lowest BCUT2D eigenvalue weighted by Crippen LogP contribution is -2.24. The van der Waals surface area contributed by atoms with E-state index in [4.69, 9.17) is 9.47 Å². The van der Waals surface area contributed by atoms with E-state index in [1.54, 1.807) is 0 Å². The molecule has 1 unspecified atom stereocenters. The van der Waals surface area contributed by atoms with Gasteiger partial charge in [0.05, 0.1) is 12.7 Å². The van der Waals surface area contributed by atoms with Gasteiger partial charge in [-0.2, -0.15) is 0 Å². The summed E-state index contributed by atoms with van der Waals surface area (Å²) in [6.45, 7) is 26.5. The predicted octanol–water partition coefficient (Wildman–Crippen LogP) is 7.63. The number of rotatable bonds is 11. The Hall–Kier alpha value is -2.70. The number of ketones is 2. The monoisotopic (exact) mass is 596 g/mol. The van der Waals surface area contributed by atoms with Crippen molar-refractivity contribution < 1.29 is 29.3 Å². The van der Waals surface area contributed by atoms with Crippen LogP contribution in [0.2, 0.25) is 0 Å². The summed E-state index contributed by atoms with van der Waals surface area (Å²) in [4.78, 5) is 25.6. The summed E-state index contributed by atoms with van der Waals surface area (Å²) in [5.41, 5.74) is 3.94. The molecule has 2 N–H and O–H groups in total. The zero-order valence-electron chi connectivity index (χ0n) is 28.9. The first-order valence-corrected chi connectivity index (χ1v) is 15.4. The van der Waals surface area contributed by atoms with Crippen LogP contribution in [-0.4, -0.2) is 47.7 Å². The third-order valence-electron chi connectivity index (χ3n) is 7.52. The molecule has 0 fully saturated rings. The lowest BCUT2D eigenvalue weighted by molar-refractivity contribution is -0.129. The molecule has 0 spiro atoms. The highest BCUT2D eigenvalue weighted by Gasteiger charge is 2.28. The van der Waals surface area contributed by atoms with Crippen molar-refractivity contribution in [1.82, 2.24) is 0 Å². The SMILES string of the molecule is CC(COCC(=O)Cc1cc(C(C)(C)C)c(O)c(C(C)(C)C)c1)OCC(=O)Cc1cc(C(C)(C)C)c(O)c(C(C)(C)C)c1. The molecule has 2 rings (SSSR count). The third-order valence-corrected chi connectivity index (χ3v) is 7.52. The lowest BCUT2D eigenvalue weighted by Gasteiger charge is -2.28. The number of carbonyl (C=O) groups is 2. The number of aromatic hydroxyl groups is 2. The lowest BCUT2D eigenvalue weighted by atomic mass is 9.78. The van der Waals surface area contributed by atoms with Crippen molar-refractivity contribution in [2.45, 2.75) is 131 Å². The molecule has 0 aliphatic carbocycles. The van der Waals surface area contributed by atoms with Crippen LogP contribution >= 0.6 is 0 Å². The maximum atomic E-state index is 12.8. The largest absolute Gasteiger partial charge is 0.507 e. The molecule has 6 nitrogen and oxygen atoms in total. The zero-order valence-corrected chi connectivity index (χ0v) is 28.9. The van der Waals surface area contributed by atoms with Crippen molar-refractivity contribution in [3.8, 4) is 11.5 Å². The first kappa shape index (κ1) is 36.5. The number of hydrogen-bond acceptors (Lipinski definition) is 6. The number of phenolic OH excluding ortho intramolecular Hbond substituents is 2. The number of Topliss-reactive ketones (excluding diaryl/α,β-unsaturated/α-hetero) is 2.